The molecule has 0 amide bonds. The van der Waals surface area contributed by atoms with Gasteiger partial charge in [-0.2, -0.15) is 0 Å². The smallest absolute Gasteiger partial charge is 0.147 e. The van der Waals surface area contributed by atoms with E-state index in [1.807, 2.05) is 12.3 Å². The Morgan fingerprint density at radius 3 is 2.77 bits per heavy atom. The minimum absolute atomic E-state index is 0.574. The maximum atomic E-state index is 6.61. The van der Waals surface area contributed by atoms with Crippen molar-refractivity contribution in [2.45, 2.75) is 38.3 Å². The Balaban J connectivity index is 1.47. The predicted molar refractivity (Wildman–Crippen MR) is 108 cm³/mol. The molecule has 1 aromatic rings. The molecule has 4 heterocycles. The van der Waals surface area contributed by atoms with Crippen LogP contribution in [-0.2, 0) is 0 Å². The number of piperazine rings is 1. The van der Waals surface area contributed by atoms with E-state index in [4.69, 9.17) is 16.6 Å². The molecule has 0 spiro atoms. The first-order chi connectivity index (χ1) is 12.8. The van der Waals surface area contributed by atoms with Gasteiger partial charge in [0.25, 0.3) is 0 Å². The lowest BCUT2D eigenvalue weighted by Gasteiger charge is -2.46. The zero-order valence-electron chi connectivity index (χ0n) is 15.5. The third-order valence-electron chi connectivity index (χ3n) is 5.85. The highest BCUT2D eigenvalue weighted by molar-refractivity contribution is 6.33. The van der Waals surface area contributed by atoms with Gasteiger partial charge >= 0.3 is 0 Å². The summed E-state index contributed by atoms with van der Waals surface area (Å²) in [5.74, 6) is 1.82. The molecule has 4 rings (SSSR count). The quantitative estimate of drug-likeness (QED) is 0.838. The maximum absolute atomic E-state index is 6.61. The van der Waals surface area contributed by atoms with E-state index in [0.717, 1.165) is 80.5 Å². The van der Waals surface area contributed by atoms with Crippen molar-refractivity contribution in [3.05, 3.63) is 22.8 Å². The Hall–Kier alpha value is -1.37. The molecule has 1 aromatic heterocycles. The van der Waals surface area contributed by atoms with E-state index in [1.54, 1.807) is 0 Å². The summed E-state index contributed by atoms with van der Waals surface area (Å²) in [6, 6.07) is 3.30. The summed E-state index contributed by atoms with van der Waals surface area (Å²) in [4.78, 5) is 14.3. The number of rotatable bonds is 4. The van der Waals surface area contributed by atoms with Crippen molar-refractivity contribution >= 4 is 23.3 Å². The van der Waals surface area contributed by atoms with Crippen LogP contribution >= 0.6 is 11.6 Å². The second-order valence-electron chi connectivity index (χ2n) is 7.41. The van der Waals surface area contributed by atoms with Crippen molar-refractivity contribution in [3.8, 4) is 0 Å². The van der Waals surface area contributed by atoms with Crippen LogP contribution in [-0.4, -0.2) is 73.6 Å². The van der Waals surface area contributed by atoms with Gasteiger partial charge in [-0.05, 0) is 38.4 Å². The molecular formula is C19H29ClN6. The van der Waals surface area contributed by atoms with Gasteiger partial charge in [0.1, 0.15) is 11.7 Å². The van der Waals surface area contributed by atoms with E-state index in [2.05, 4.69) is 32.3 Å². The van der Waals surface area contributed by atoms with Crippen molar-refractivity contribution in [1.82, 2.24) is 20.5 Å². The minimum Gasteiger partial charge on any atom is -0.368 e. The monoisotopic (exact) mass is 376 g/mol. The molecule has 0 aliphatic carbocycles. The van der Waals surface area contributed by atoms with Gasteiger partial charge in [-0.25, -0.2) is 4.98 Å². The number of nitrogens with one attached hydrogen (secondary N) is 2. The minimum atomic E-state index is 0.574. The number of anilines is 1. The average Bonchev–Trinajstić information content (AvgIpc) is 3.23. The Morgan fingerprint density at radius 2 is 2.08 bits per heavy atom. The van der Waals surface area contributed by atoms with Gasteiger partial charge in [-0.1, -0.05) is 18.5 Å². The first kappa shape index (κ1) is 18.0. The zero-order valence-corrected chi connectivity index (χ0v) is 16.3. The summed E-state index contributed by atoms with van der Waals surface area (Å²) in [5.41, 5.74) is 0.983. The van der Waals surface area contributed by atoms with Gasteiger partial charge in [-0.15, -0.1) is 0 Å². The molecule has 2 N–H and O–H groups in total. The molecule has 26 heavy (non-hydrogen) atoms. The van der Waals surface area contributed by atoms with Gasteiger partial charge in [0.15, 0.2) is 0 Å². The third-order valence-corrected chi connectivity index (χ3v) is 6.12. The van der Waals surface area contributed by atoms with Gasteiger partial charge < -0.3 is 15.5 Å². The first-order valence-corrected chi connectivity index (χ1v) is 10.3. The number of aromatic nitrogens is 1. The second kappa shape index (κ2) is 8.11. The Morgan fingerprint density at radius 1 is 1.23 bits per heavy atom. The molecular weight excluding hydrogens is 348 g/mol. The molecule has 3 aliphatic heterocycles. The molecule has 142 valence electrons. The fraction of sp³-hybridized carbons (Fsp3) is 0.684. The van der Waals surface area contributed by atoms with Crippen LogP contribution in [0.25, 0.3) is 0 Å². The summed E-state index contributed by atoms with van der Waals surface area (Å²) in [5, 5.41) is 7.49. The van der Waals surface area contributed by atoms with E-state index >= 15 is 0 Å². The Labute approximate surface area is 161 Å². The van der Waals surface area contributed by atoms with Gasteiger partial charge in [-0.3, -0.25) is 9.89 Å². The number of hydrogen-bond acceptors (Lipinski definition) is 6. The molecule has 0 saturated carbocycles. The molecule has 7 heteroatoms. The topological polar surface area (TPSA) is 55.8 Å². The highest BCUT2D eigenvalue weighted by atomic mass is 35.5. The van der Waals surface area contributed by atoms with Crippen molar-refractivity contribution in [1.29, 1.82) is 0 Å². The number of halogens is 1. The van der Waals surface area contributed by atoms with Crippen molar-refractivity contribution in [2.24, 2.45) is 4.99 Å². The molecule has 3 aliphatic rings. The third kappa shape index (κ3) is 3.68. The number of piperidine rings is 1. The van der Waals surface area contributed by atoms with E-state index in [-0.39, 0.29) is 0 Å². The number of aliphatic imine (C=N–C) groups is 1. The van der Waals surface area contributed by atoms with E-state index in [9.17, 15) is 0 Å². The molecule has 2 saturated heterocycles. The predicted octanol–water partition coefficient (Wildman–Crippen LogP) is 1.74. The second-order valence-corrected chi connectivity index (χ2v) is 7.82. The standard InChI is InChI=1S/C19H29ClN6/c1-2-15-13-25(9-10-26(15)16-3-5-21-6-4-16)19-17(20)11-14(12-24-19)18-22-7-8-23-18/h11-12,15-16,21H,2-10,13H2,1H3,(H,22,23). The lowest BCUT2D eigenvalue weighted by molar-refractivity contribution is 0.0936. The van der Waals surface area contributed by atoms with Crippen LogP contribution in [0.2, 0.25) is 5.02 Å². The van der Waals surface area contributed by atoms with Crippen LogP contribution in [0.1, 0.15) is 31.7 Å². The van der Waals surface area contributed by atoms with Crippen molar-refractivity contribution in [2.75, 3.05) is 50.7 Å². The summed E-state index contributed by atoms with van der Waals surface area (Å²) >= 11 is 6.61. The van der Waals surface area contributed by atoms with Crippen LogP contribution < -0.4 is 15.5 Å². The van der Waals surface area contributed by atoms with E-state index in [1.165, 1.54) is 12.8 Å². The average molecular weight is 377 g/mol. The highest BCUT2D eigenvalue weighted by Gasteiger charge is 2.32. The zero-order chi connectivity index (χ0) is 17.9. The number of amidine groups is 1. The number of hydrogen-bond donors (Lipinski definition) is 2. The fourth-order valence-electron chi connectivity index (χ4n) is 4.43. The van der Waals surface area contributed by atoms with Crippen LogP contribution in [0.3, 0.4) is 0 Å². The summed E-state index contributed by atoms with van der Waals surface area (Å²) in [6.45, 7) is 9.40. The van der Waals surface area contributed by atoms with Crippen molar-refractivity contribution in [3.63, 3.8) is 0 Å². The summed E-state index contributed by atoms with van der Waals surface area (Å²) in [7, 11) is 0. The van der Waals surface area contributed by atoms with E-state index < -0.39 is 0 Å². The number of nitrogens with zero attached hydrogens (tertiary/aromatic N) is 4. The van der Waals surface area contributed by atoms with Gasteiger partial charge in [0.05, 0.1) is 11.6 Å². The molecule has 2 fully saturated rings. The molecule has 1 unspecified atom stereocenters. The largest absolute Gasteiger partial charge is 0.368 e. The molecule has 0 bridgehead atoms. The normalized spacial score (nSPS) is 25.2. The van der Waals surface area contributed by atoms with Gasteiger partial charge in [0, 0.05) is 50.0 Å². The maximum Gasteiger partial charge on any atom is 0.147 e. The van der Waals surface area contributed by atoms with Crippen LogP contribution in [0.15, 0.2) is 17.3 Å². The number of pyridine rings is 1. The molecule has 0 radical (unpaired) electrons. The summed E-state index contributed by atoms with van der Waals surface area (Å²) < 4.78 is 0. The van der Waals surface area contributed by atoms with E-state index in [0.29, 0.717) is 6.04 Å². The molecule has 1 atom stereocenters. The fourth-order valence-corrected chi connectivity index (χ4v) is 4.71. The van der Waals surface area contributed by atoms with Crippen LogP contribution in [0.4, 0.5) is 5.82 Å². The van der Waals surface area contributed by atoms with Crippen LogP contribution in [0, 0.1) is 0 Å². The Bertz CT molecular complexity index is 657. The molecule has 6 nitrogen and oxygen atoms in total. The molecule has 0 aromatic carbocycles. The van der Waals surface area contributed by atoms with Gasteiger partial charge in [0.2, 0.25) is 0 Å². The van der Waals surface area contributed by atoms with Crippen molar-refractivity contribution < 1.29 is 0 Å². The Kier molecular flexibility index (Phi) is 5.62. The first-order valence-electron chi connectivity index (χ1n) is 9.92. The summed E-state index contributed by atoms with van der Waals surface area (Å²) in [6.07, 6.45) is 5.59. The lowest BCUT2D eigenvalue weighted by Crippen LogP contribution is -2.58. The van der Waals surface area contributed by atoms with Crippen LogP contribution in [0.5, 0.6) is 0 Å². The lowest BCUT2D eigenvalue weighted by atomic mass is 9.99. The SMILES string of the molecule is CCC1CN(c2ncc(C3=NCCN3)cc2Cl)CCN1C1CCNCC1. The highest BCUT2D eigenvalue weighted by Crippen LogP contribution is 2.29.